The fourth-order valence-electron chi connectivity index (χ4n) is 1.79. The van der Waals surface area contributed by atoms with Gasteiger partial charge in [0.05, 0.1) is 6.33 Å². The first-order chi connectivity index (χ1) is 7.57. The number of aryl methyl sites for hydroxylation is 1. The van der Waals surface area contributed by atoms with Gasteiger partial charge in [0.15, 0.2) is 11.5 Å². The number of halogens is 1. The number of nitrogens with zero attached hydrogens (tertiary/aromatic N) is 4. The molecule has 0 saturated heterocycles. The number of hydrogen-bond acceptors (Lipinski definition) is 4. The highest BCUT2D eigenvalue weighted by atomic mass is 35.5. The van der Waals surface area contributed by atoms with Crippen molar-refractivity contribution in [2.45, 2.75) is 6.35 Å². The molecule has 1 N–H and O–H groups in total. The molecule has 0 aliphatic carbocycles. The van der Waals surface area contributed by atoms with Gasteiger partial charge in [-0.25, -0.2) is 4.98 Å². The Morgan fingerprint density at radius 1 is 1.56 bits per heavy atom. The maximum atomic E-state index is 12.1. The van der Waals surface area contributed by atoms with E-state index in [4.69, 9.17) is 11.6 Å². The van der Waals surface area contributed by atoms with Gasteiger partial charge in [0.1, 0.15) is 0 Å². The van der Waals surface area contributed by atoms with Crippen molar-refractivity contribution >= 4 is 23.3 Å². The average Bonchev–Trinajstić information content (AvgIpc) is 2.64. The molecule has 1 aromatic heterocycles. The molecule has 16 heavy (non-hydrogen) atoms. The minimum Gasteiger partial charge on any atom is -0.356 e. The predicted molar refractivity (Wildman–Crippen MR) is 59.4 cm³/mol. The number of amides is 1. The van der Waals surface area contributed by atoms with Crippen molar-refractivity contribution in [3.63, 3.8) is 0 Å². The third-order valence-corrected chi connectivity index (χ3v) is 2.83. The number of imidazole rings is 1. The minimum absolute atomic E-state index is 0.249. The van der Waals surface area contributed by atoms with Gasteiger partial charge in [-0.1, -0.05) is 0 Å². The van der Waals surface area contributed by atoms with Gasteiger partial charge in [-0.15, -0.1) is 11.6 Å². The van der Waals surface area contributed by atoms with Gasteiger partial charge in [-0.05, 0) is 0 Å². The smallest absolute Gasteiger partial charge is 0.277 e. The van der Waals surface area contributed by atoms with Crippen molar-refractivity contribution < 1.29 is 9.90 Å². The summed E-state index contributed by atoms with van der Waals surface area (Å²) in [5, 5.41) is 9.92. The van der Waals surface area contributed by atoms with Crippen LogP contribution in [0.3, 0.4) is 0 Å². The first kappa shape index (κ1) is 11.2. The summed E-state index contributed by atoms with van der Waals surface area (Å²) in [7, 11) is 3.43. The van der Waals surface area contributed by atoms with E-state index in [-0.39, 0.29) is 11.8 Å². The number of aliphatic hydroxyl groups is 1. The van der Waals surface area contributed by atoms with E-state index < -0.39 is 6.35 Å². The zero-order valence-corrected chi connectivity index (χ0v) is 9.85. The van der Waals surface area contributed by atoms with Crippen LogP contribution in [0.5, 0.6) is 0 Å². The Balaban J connectivity index is 2.45. The van der Waals surface area contributed by atoms with Crippen LogP contribution in [-0.2, 0) is 7.05 Å². The van der Waals surface area contributed by atoms with Crippen molar-refractivity contribution in [3.05, 3.63) is 12.0 Å². The molecule has 0 saturated carbocycles. The first-order valence-electron chi connectivity index (χ1n) is 4.87. The summed E-state index contributed by atoms with van der Waals surface area (Å²) < 4.78 is 1.64. The van der Waals surface area contributed by atoms with Gasteiger partial charge < -0.3 is 14.6 Å². The van der Waals surface area contributed by atoms with E-state index in [1.54, 1.807) is 29.9 Å². The number of alkyl halides is 1. The largest absolute Gasteiger partial charge is 0.356 e. The lowest BCUT2D eigenvalue weighted by molar-refractivity contribution is 0.00597. The topological polar surface area (TPSA) is 61.6 Å². The molecule has 6 nitrogen and oxygen atoms in total. The highest BCUT2D eigenvalue weighted by Crippen LogP contribution is 2.26. The van der Waals surface area contributed by atoms with E-state index >= 15 is 0 Å². The molecule has 1 aliphatic heterocycles. The van der Waals surface area contributed by atoms with Gasteiger partial charge in [-0.2, -0.15) is 0 Å². The zero-order chi connectivity index (χ0) is 11.9. The van der Waals surface area contributed by atoms with Gasteiger partial charge in [0, 0.05) is 26.5 Å². The number of aliphatic hydroxyl groups excluding tert-OH is 1. The number of fused-ring (bicyclic) bond motifs is 1. The van der Waals surface area contributed by atoms with Gasteiger partial charge in [0.25, 0.3) is 5.91 Å². The Morgan fingerprint density at radius 3 is 2.88 bits per heavy atom. The Kier molecular flexibility index (Phi) is 2.77. The Bertz CT molecular complexity index is 420. The molecular weight excluding hydrogens is 232 g/mol. The molecule has 88 valence electrons. The van der Waals surface area contributed by atoms with Crippen LogP contribution < -0.4 is 4.90 Å². The number of carbonyl (C=O) groups is 1. The molecule has 0 fully saturated rings. The fourth-order valence-corrected chi connectivity index (χ4v) is 1.97. The normalized spacial score (nSPS) is 20.2. The molecule has 2 heterocycles. The highest BCUT2D eigenvalue weighted by Gasteiger charge is 2.37. The van der Waals surface area contributed by atoms with Crippen LogP contribution in [0, 0.1) is 0 Å². The number of rotatable bonds is 2. The van der Waals surface area contributed by atoms with Crippen LogP contribution in [0.2, 0.25) is 0 Å². The van der Waals surface area contributed by atoms with E-state index in [1.165, 1.54) is 4.90 Å². The molecule has 0 aromatic carbocycles. The summed E-state index contributed by atoms with van der Waals surface area (Å²) >= 11 is 5.61. The Hall–Kier alpha value is -1.27. The monoisotopic (exact) mass is 244 g/mol. The zero-order valence-electron chi connectivity index (χ0n) is 9.09. The molecule has 7 heteroatoms. The van der Waals surface area contributed by atoms with Crippen molar-refractivity contribution in [1.82, 2.24) is 14.5 Å². The SMILES string of the molecule is CN1c2ncn(C)c2C(=O)N(CCCl)C1O. The first-order valence-corrected chi connectivity index (χ1v) is 5.40. The third-order valence-electron chi connectivity index (χ3n) is 2.67. The number of carbonyl (C=O) groups excluding carboxylic acids is 1. The lowest BCUT2D eigenvalue weighted by Crippen LogP contribution is -2.54. The standard InChI is InChI=1S/C9H13ClN4O2/c1-12-5-11-7-6(12)8(15)14(4-3-10)9(16)13(7)2/h5,9,16H,3-4H2,1-2H3. The lowest BCUT2D eigenvalue weighted by Gasteiger charge is -2.38. The van der Waals surface area contributed by atoms with Gasteiger partial charge >= 0.3 is 0 Å². The molecule has 0 bridgehead atoms. The number of hydrogen-bond donors (Lipinski definition) is 1. The maximum absolute atomic E-state index is 12.1. The van der Waals surface area contributed by atoms with Gasteiger partial charge in [-0.3, -0.25) is 9.69 Å². The molecule has 2 rings (SSSR count). The summed E-state index contributed by atoms with van der Waals surface area (Å²) in [5.74, 6) is 0.524. The predicted octanol–water partition coefficient (Wildman–Crippen LogP) is -0.173. The van der Waals surface area contributed by atoms with Crippen LogP contribution in [0.15, 0.2) is 6.33 Å². The summed E-state index contributed by atoms with van der Waals surface area (Å²) in [6, 6.07) is 0. The average molecular weight is 245 g/mol. The van der Waals surface area contributed by atoms with Crippen LogP contribution in [-0.4, -0.2) is 51.3 Å². The fraction of sp³-hybridized carbons (Fsp3) is 0.556. The molecule has 1 aliphatic rings. The Labute approximate surface area is 98.0 Å². The summed E-state index contributed by atoms with van der Waals surface area (Å²) in [4.78, 5) is 19.0. The molecular formula is C9H13ClN4O2. The molecule has 1 unspecified atom stereocenters. The van der Waals surface area contributed by atoms with Crippen LogP contribution in [0.4, 0.5) is 5.82 Å². The molecule has 0 radical (unpaired) electrons. The molecule has 1 amide bonds. The van der Waals surface area contributed by atoms with Gasteiger partial charge in [0.2, 0.25) is 6.35 Å². The second-order valence-corrected chi connectivity index (χ2v) is 4.05. The van der Waals surface area contributed by atoms with E-state index in [0.717, 1.165) is 0 Å². The summed E-state index contributed by atoms with van der Waals surface area (Å²) in [6.07, 6.45) is 0.546. The minimum atomic E-state index is -1.01. The van der Waals surface area contributed by atoms with E-state index in [9.17, 15) is 9.90 Å². The second kappa shape index (κ2) is 3.95. The van der Waals surface area contributed by atoms with E-state index in [1.807, 2.05) is 0 Å². The lowest BCUT2D eigenvalue weighted by atomic mass is 10.2. The maximum Gasteiger partial charge on any atom is 0.277 e. The van der Waals surface area contributed by atoms with Crippen LogP contribution in [0.1, 0.15) is 10.5 Å². The number of aromatic nitrogens is 2. The summed E-state index contributed by atoms with van der Waals surface area (Å²) in [6.45, 7) is 0.302. The highest BCUT2D eigenvalue weighted by molar-refractivity contribution is 6.18. The van der Waals surface area contributed by atoms with Crippen LogP contribution in [0.25, 0.3) is 0 Å². The quantitative estimate of drug-likeness (QED) is 0.734. The second-order valence-electron chi connectivity index (χ2n) is 3.67. The molecule has 1 atom stereocenters. The van der Waals surface area contributed by atoms with Crippen molar-refractivity contribution in [3.8, 4) is 0 Å². The molecule has 1 aromatic rings. The third kappa shape index (κ3) is 1.45. The van der Waals surface area contributed by atoms with E-state index in [2.05, 4.69) is 4.98 Å². The van der Waals surface area contributed by atoms with Crippen LogP contribution >= 0.6 is 11.6 Å². The van der Waals surface area contributed by atoms with Crippen molar-refractivity contribution in [2.75, 3.05) is 24.4 Å². The Morgan fingerprint density at radius 2 is 2.25 bits per heavy atom. The summed E-state index contributed by atoms with van der Waals surface area (Å²) in [5.41, 5.74) is 0.470. The molecule has 0 spiro atoms. The number of anilines is 1. The van der Waals surface area contributed by atoms with E-state index in [0.29, 0.717) is 18.1 Å². The van der Waals surface area contributed by atoms with Crippen molar-refractivity contribution in [2.24, 2.45) is 7.05 Å². The van der Waals surface area contributed by atoms with Crippen molar-refractivity contribution in [1.29, 1.82) is 0 Å².